The lowest BCUT2D eigenvalue weighted by Crippen LogP contribution is -2.20. The number of rotatable bonds is 5. The number of hydrogen-bond donors (Lipinski definition) is 5. The number of aliphatic hydroxyl groups excluding tert-OH is 1. The van der Waals surface area contributed by atoms with E-state index in [0.717, 1.165) is 0 Å². The molecule has 0 unspecified atom stereocenters. The quantitative estimate of drug-likeness (QED) is 0.429. The van der Waals surface area contributed by atoms with E-state index in [1.807, 2.05) is 0 Å². The van der Waals surface area contributed by atoms with Crippen molar-refractivity contribution in [2.75, 3.05) is 12.3 Å². The van der Waals surface area contributed by atoms with Gasteiger partial charge in [0.25, 0.3) is 5.91 Å². The number of nitrogens with zero attached hydrogens (tertiary/aromatic N) is 2. The van der Waals surface area contributed by atoms with Gasteiger partial charge in [-0.1, -0.05) is 0 Å². The van der Waals surface area contributed by atoms with Gasteiger partial charge in [0.1, 0.15) is 5.82 Å². The molecule has 3 atom stereocenters. The molecule has 1 aliphatic carbocycles. The standard InChI is InChI=1S/C10H17N4O6P/c11-9-8(10(12)16)13-4-14(9)6-1-5(2-7(6)15)3-20-21(17,18)19/h4-7,15H,1-3,11H2,(H2,12,16)(H2,17,18,19)/t5-,6+,7+/m0/s1. The third kappa shape index (κ3) is 3.60. The van der Waals surface area contributed by atoms with E-state index in [9.17, 15) is 14.5 Å². The molecule has 11 heteroatoms. The molecule has 118 valence electrons. The smallest absolute Gasteiger partial charge is 0.391 e. The summed E-state index contributed by atoms with van der Waals surface area (Å²) in [4.78, 5) is 32.3. The number of imidazole rings is 1. The number of phosphoric ester groups is 1. The Bertz CT molecular complexity index is 584. The van der Waals surface area contributed by atoms with Gasteiger partial charge in [-0.25, -0.2) is 9.55 Å². The van der Waals surface area contributed by atoms with Gasteiger partial charge in [-0.3, -0.25) is 9.32 Å². The van der Waals surface area contributed by atoms with Gasteiger partial charge in [-0.15, -0.1) is 0 Å². The Morgan fingerprint density at radius 3 is 2.71 bits per heavy atom. The number of amides is 1. The summed E-state index contributed by atoms with van der Waals surface area (Å²) in [5.41, 5.74) is 10.8. The lowest BCUT2D eigenvalue weighted by molar-refractivity contribution is 0.0996. The fraction of sp³-hybridized carbons (Fsp3) is 0.600. The lowest BCUT2D eigenvalue weighted by Gasteiger charge is -2.17. The first-order valence-electron chi connectivity index (χ1n) is 6.19. The summed E-state index contributed by atoms with van der Waals surface area (Å²) in [6.45, 7) is -0.172. The van der Waals surface area contributed by atoms with Crippen LogP contribution in [0, 0.1) is 5.92 Å². The molecule has 2 rings (SSSR count). The summed E-state index contributed by atoms with van der Waals surface area (Å²) in [6, 6.07) is -0.448. The zero-order chi connectivity index (χ0) is 15.8. The van der Waals surface area contributed by atoms with Crippen LogP contribution in [0.4, 0.5) is 5.82 Å². The summed E-state index contributed by atoms with van der Waals surface area (Å²) >= 11 is 0. The Morgan fingerprint density at radius 2 is 2.19 bits per heavy atom. The number of anilines is 1. The Balaban J connectivity index is 2.08. The normalized spacial score (nSPS) is 26.1. The van der Waals surface area contributed by atoms with Crippen molar-refractivity contribution in [2.45, 2.75) is 25.0 Å². The summed E-state index contributed by atoms with van der Waals surface area (Å²) < 4.78 is 16.6. The fourth-order valence-electron chi connectivity index (χ4n) is 2.56. The number of aliphatic hydroxyl groups is 1. The first-order chi connectivity index (χ1) is 9.69. The highest BCUT2D eigenvalue weighted by Gasteiger charge is 2.36. The zero-order valence-corrected chi connectivity index (χ0v) is 11.9. The van der Waals surface area contributed by atoms with Crippen LogP contribution >= 0.6 is 7.82 Å². The maximum Gasteiger partial charge on any atom is 0.469 e. The van der Waals surface area contributed by atoms with Crippen LogP contribution in [-0.2, 0) is 9.09 Å². The van der Waals surface area contributed by atoms with Gasteiger partial charge in [0.2, 0.25) is 0 Å². The Morgan fingerprint density at radius 1 is 1.52 bits per heavy atom. The Hall–Kier alpha value is -1.45. The van der Waals surface area contributed by atoms with Crippen LogP contribution in [0.3, 0.4) is 0 Å². The van der Waals surface area contributed by atoms with E-state index in [4.69, 9.17) is 21.3 Å². The number of carbonyl (C=O) groups excluding carboxylic acids is 1. The van der Waals surface area contributed by atoms with Crippen LogP contribution in [0.1, 0.15) is 29.4 Å². The summed E-state index contributed by atoms with van der Waals surface area (Å²) in [7, 11) is -4.53. The number of aromatic nitrogens is 2. The molecule has 1 saturated carbocycles. The van der Waals surface area contributed by atoms with Crippen molar-refractivity contribution in [1.82, 2.24) is 9.55 Å². The van der Waals surface area contributed by atoms with Crippen molar-refractivity contribution < 1.29 is 28.8 Å². The molecule has 21 heavy (non-hydrogen) atoms. The van der Waals surface area contributed by atoms with Gasteiger partial charge in [0, 0.05) is 0 Å². The lowest BCUT2D eigenvalue weighted by atomic mass is 10.1. The van der Waals surface area contributed by atoms with Gasteiger partial charge >= 0.3 is 7.82 Å². The number of carbonyl (C=O) groups is 1. The first kappa shape index (κ1) is 15.9. The van der Waals surface area contributed by atoms with Crippen LogP contribution in [-0.4, -0.2) is 43.1 Å². The van der Waals surface area contributed by atoms with Crippen LogP contribution in [0.5, 0.6) is 0 Å². The van der Waals surface area contributed by atoms with Gasteiger partial charge in [0.05, 0.1) is 25.1 Å². The molecule has 0 spiro atoms. The summed E-state index contributed by atoms with van der Waals surface area (Å²) in [5, 5.41) is 10.0. The number of hydrogen-bond acceptors (Lipinski definition) is 6. The third-order valence-corrected chi connectivity index (χ3v) is 3.98. The highest BCUT2D eigenvalue weighted by Crippen LogP contribution is 2.41. The maximum absolute atomic E-state index is 11.1. The predicted octanol–water partition coefficient (Wildman–Crippen LogP) is -1.01. The van der Waals surface area contributed by atoms with Crippen LogP contribution in [0.2, 0.25) is 0 Å². The van der Waals surface area contributed by atoms with Crippen molar-refractivity contribution in [3.8, 4) is 0 Å². The second kappa shape index (κ2) is 5.74. The van der Waals surface area contributed by atoms with Gasteiger partial charge in [-0.2, -0.15) is 0 Å². The molecule has 7 N–H and O–H groups in total. The van der Waals surface area contributed by atoms with Crippen LogP contribution in [0.25, 0.3) is 0 Å². The Kier molecular flexibility index (Phi) is 4.35. The minimum atomic E-state index is -4.53. The second-order valence-electron chi connectivity index (χ2n) is 5.01. The molecule has 0 saturated heterocycles. The van der Waals surface area contributed by atoms with E-state index in [1.165, 1.54) is 10.9 Å². The van der Waals surface area contributed by atoms with E-state index in [1.54, 1.807) is 0 Å². The monoisotopic (exact) mass is 320 g/mol. The average Bonchev–Trinajstić information content (AvgIpc) is 2.89. The number of nitrogens with two attached hydrogens (primary N) is 2. The molecule has 1 aliphatic rings. The van der Waals surface area contributed by atoms with E-state index in [2.05, 4.69) is 9.51 Å². The molecule has 1 aromatic rings. The predicted molar refractivity (Wildman–Crippen MR) is 70.9 cm³/mol. The van der Waals surface area contributed by atoms with Crippen molar-refractivity contribution >= 4 is 19.5 Å². The number of phosphoric acid groups is 1. The number of primary amides is 1. The van der Waals surface area contributed by atoms with E-state index in [0.29, 0.717) is 12.8 Å². The maximum atomic E-state index is 11.1. The van der Waals surface area contributed by atoms with Gasteiger partial charge in [-0.05, 0) is 18.8 Å². The van der Waals surface area contributed by atoms with Crippen molar-refractivity contribution in [1.29, 1.82) is 0 Å². The molecule has 1 aromatic heterocycles. The van der Waals surface area contributed by atoms with Gasteiger partial charge in [0.15, 0.2) is 5.69 Å². The fourth-order valence-corrected chi connectivity index (χ4v) is 2.96. The van der Waals surface area contributed by atoms with Crippen molar-refractivity contribution in [3.05, 3.63) is 12.0 Å². The van der Waals surface area contributed by atoms with E-state index < -0.39 is 25.9 Å². The average molecular weight is 320 g/mol. The SMILES string of the molecule is NC(=O)c1ncn([C@@H]2C[C@H](COP(=O)(O)O)C[C@H]2O)c1N. The van der Waals surface area contributed by atoms with E-state index in [-0.39, 0.29) is 24.0 Å². The van der Waals surface area contributed by atoms with E-state index >= 15 is 0 Å². The molecular formula is C10H17N4O6P. The Labute approximate surface area is 120 Å². The molecule has 10 nitrogen and oxygen atoms in total. The molecule has 0 aromatic carbocycles. The highest BCUT2D eigenvalue weighted by atomic mass is 31.2. The number of nitrogen functional groups attached to an aromatic ring is 1. The molecule has 0 bridgehead atoms. The molecular weight excluding hydrogens is 303 g/mol. The third-order valence-electron chi connectivity index (χ3n) is 3.49. The van der Waals surface area contributed by atoms with Crippen molar-refractivity contribution in [3.63, 3.8) is 0 Å². The summed E-state index contributed by atoms with van der Waals surface area (Å²) in [6.07, 6.45) is 1.22. The first-order valence-corrected chi connectivity index (χ1v) is 7.72. The minimum absolute atomic E-state index is 0.0584. The molecule has 0 radical (unpaired) electrons. The molecule has 0 aliphatic heterocycles. The largest absolute Gasteiger partial charge is 0.469 e. The minimum Gasteiger partial charge on any atom is -0.391 e. The second-order valence-corrected chi connectivity index (χ2v) is 6.25. The topological polar surface area (TPSA) is 174 Å². The molecule has 1 fully saturated rings. The molecule has 1 heterocycles. The van der Waals surface area contributed by atoms with Crippen LogP contribution < -0.4 is 11.5 Å². The molecule has 1 amide bonds. The van der Waals surface area contributed by atoms with Crippen LogP contribution in [0.15, 0.2) is 6.33 Å². The highest BCUT2D eigenvalue weighted by molar-refractivity contribution is 7.46. The zero-order valence-electron chi connectivity index (χ0n) is 11.0. The van der Waals surface area contributed by atoms with Crippen molar-refractivity contribution in [2.24, 2.45) is 11.7 Å². The summed E-state index contributed by atoms with van der Waals surface area (Å²) in [5.74, 6) is -0.945. The van der Waals surface area contributed by atoms with Gasteiger partial charge < -0.3 is 30.9 Å².